The van der Waals surface area contributed by atoms with Crippen LogP contribution in [0.4, 0.5) is 0 Å². The highest BCUT2D eigenvalue weighted by Gasteiger charge is 2.39. The molecule has 1 rings (SSSR count). The number of carbonyl (C=O) groups is 4. The van der Waals surface area contributed by atoms with Crippen molar-refractivity contribution in [2.75, 3.05) is 73.5 Å². The highest BCUT2D eigenvalue weighted by atomic mass is 16.6. The summed E-state index contributed by atoms with van der Waals surface area (Å²) in [6.45, 7) is 13.1. The first-order valence-corrected chi connectivity index (χ1v) is 16.9. The minimum atomic E-state index is -1.12. The second-order valence-electron chi connectivity index (χ2n) is 12.5. The van der Waals surface area contributed by atoms with Gasteiger partial charge in [0.1, 0.15) is 26.4 Å². The third-order valence-corrected chi connectivity index (χ3v) is 8.30. The molecule has 0 amide bonds. The topological polar surface area (TPSA) is 182 Å². The number of aromatic amines is 1. The van der Waals surface area contributed by atoms with Gasteiger partial charge in [-0.1, -0.05) is 20.8 Å². The summed E-state index contributed by atoms with van der Waals surface area (Å²) in [4.78, 5) is 81.3. The summed E-state index contributed by atoms with van der Waals surface area (Å²) < 4.78 is 33.2. The first-order chi connectivity index (χ1) is 23.2. The highest BCUT2D eigenvalue weighted by molar-refractivity contribution is 5.80. The number of nitrogens with zero attached hydrogens (tertiary/aromatic N) is 2. The molecule has 0 saturated heterocycles. The fourth-order valence-corrected chi connectivity index (χ4v) is 5.20. The third-order valence-electron chi connectivity index (χ3n) is 8.30. The molecular formula is C34H57N3O12. The van der Waals surface area contributed by atoms with Gasteiger partial charge in [0.25, 0.3) is 5.56 Å². The molecule has 0 aliphatic rings. The Morgan fingerprint density at radius 1 is 0.776 bits per heavy atom. The molecule has 0 radical (unpaired) electrons. The number of likely N-dealkylation sites (N-methyl/N-ethyl adjacent to an activating group) is 1. The van der Waals surface area contributed by atoms with Gasteiger partial charge >= 0.3 is 29.6 Å². The Morgan fingerprint density at radius 2 is 1.31 bits per heavy atom. The van der Waals surface area contributed by atoms with Gasteiger partial charge in [-0.25, -0.2) is 4.79 Å². The monoisotopic (exact) mass is 699 g/mol. The van der Waals surface area contributed by atoms with Crippen molar-refractivity contribution in [2.45, 2.75) is 73.8 Å². The maximum Gasteiger partial charge on any atom is 0.328 e. The zero-order valence-corrected chi connectivity index (χ0v) is 30.5. The number of ether oxygens (including phenoxy) is 6. The molecule has 0 saturated carbocycles. The lowest BCUT2D eigenvalue weighted by atomic mass is 9.77. The number of hydrogen-bond donors (Lipinski definition) is 1. The van der Waals surface area contributed by atoms with Crippen LogP contribution in [0.1, 0.15) is 65.9 Å². The Balaban J connectivity index is 3.24. The van der Waals surface area contributed by atoms with E-state index in [4.69, 9.17) is 28.4 Å². The zero-order chi connectivity index (χ0) is 37.0. The maximum atomic E-state index is 13.6. The predicted octanol–water partition coefficient (Wildman–Crippen LogP) is 2.11. The fraction of sp³-hybridized carbons (Fsp3) is 0.765. The number of aryl methyl sites for hydroxylation is 1. The van der Waals surface area contributed by atoms with Crippen LogP contribution in [0.3, 0.4) is 0 Å². The molecule has 280 valence electrons. The van der Waals surface area contributed by atoms with Gasteiger partial charge < -0.3 is 33.3 Å². The van der Waals surface area contributed by atoms with E-state index in [9.17, 15) is 28.8 Å². The molecule has 0 aliphatic heterocycles. The summed E-state index contributed by atoms with van der Waals surface area (Å²) in [6, 6.07) is 0. The fourth-order valence-electron chi connectivity index (χ4n) is 5.20. The van der Waals surface area contributed by atoms with Crippen molar-refractivity contribution in [3.63, 3.8) is 0 Å². The van der Waals surface area contributed by atoms with Crippen molar-refractivity contribution in [1.82, 2.24) is 14.5 Å². The summed E-state index contributed by atoms with van der Waals surface area (Å²) in [5.74, 6) is -4.91. The number of carbonyl (C=O) groups excluding carboxylic acids is 4. The van der Waals surface area contributed by atoms with E-state index in [2.05, 4.69) is 9.88 Å². The summed E-state index contributed by atoms with van der Waals surface area (Å²) in [5.41, 5.74) is -1.91. The van der Waals surface area contributed by atoms with Crippen LogP contribution in [0.15, 0.2) is 15.8 Å². The lowest BCUT2D eigenvalue weighted by Crippen LogP contribution is -2.36. The lowest BCUT2D eigenvalue weighted by molar-refractivity contribution is -0.160. The number of esters is 4. The Morgan fingerprint density at radius 3 is 1.90 bits per heavy atom. The minimum Gasteiger partial charge on any atom is -0.464 e. The molecule has 1 aromatic heterocycles. The van der Waals surface area contributed by atoms with E-state index in [0.717, 1.165) is 13.1 Å². The quantitative estimate of drug-likeness (QED) is 0.0891. The van der Waals surface area contributed by atoms with E-state index in [1.54, 1.807) is 27.7 Å². The van der Waals surface area contributed by atoms with Gasteiger partial charge in [0.05, 0.1) is 42.9 Å². The summed E-state index contributed by atoms with van der Waals surface area (Å²) in [5, 5.41) is 0. The van der Waals surface area contributed by atoms with Crippen molar-refractivity contribution < 1.29 is 47.6 Å². The first-order valence-electron chi connectivity index (χ1n) is 16.9. The van der Waals surface area contributed by atoms with Crippen LogP contribution in [-0.2, 0) is 54.1 Å². The number of H-pyrrole nitrogens is 1. The molecule has 1 aromatic rings. The molecule has 3 atom stereocenters. The van der Waals surface area contributed by atoms with Crippen LogP contribution in [-0.4, -0.2) is 112 Å². The van der Waals surface area contributed by atoms with E-state index in [-0.39, 0.29) is 65.4 Å². The minimum absolute atomic E-state index is 0.000797. The molecule has 0 aliphatic carbocycles. The van der Waals surface area contributed by atoms with Crippen molar-refractivity contribution in [1.29, 1.82) is 0 Å². The van der Waals surface area contributed by atoms with Gasteiger partial charge in [-0.05, 0) is 59.5 Å². The zero-order valence-electron chi connectivity index (χ0n) is 30.5. The van der Waals surface area contributed by atoms with E-state index >= 15 is 0 Å². The second-order valence-corrected chi connectivity index (χ2v) is 12.5. The van der Waals surface area contributed by atoms with Crippen LogP contribution in [0, 0.1) is 30.1 Å². The van der Waals surface area contributed by atoms with Crippen LogP contribution < -0.4 is 11.2 Å². The third kappa shape index (κ3) is 15.7. The molecule has 49 heavy (non-hydrogen) atoms. The first kappa shape index (κ1) is 43.5. The maximum absolute atomic E-state index is 13.6. The molecule has 0 bridgehead atoms. The van der Waals surface area contributed by atoms with Gasteiger partial charge in [0, 0.05) is 32.5 Å². The van der Waals surface area contributed by atoms with Crippen LogP contribution in [0.25, 0.3) is 0 Å². The molecule has 3 unspecified atom stereocenters. The molecule has 1 heterocycles. The van der Waals surface area contributed by atoms with Gasteiger partial charge in [0.15, 0.2) is 0 Å². The molecule has 0 fully saturated rings. The van der Waals surface area contributed by atoms with Gasteiger partial charge in [-0.15, -0.1) is 0 Å². The average molecular weight is 700 g/mol. The van der Waals surface area contributed by atoms with Crippen molar-refractivity contribution in [3.8, 4) is 0 Å². The summed E-state index contributed by atoms with van der Waals surface area (Å²) >= 11 is 0. The predicted molar refractivity (Wildman–Crippen MR) is 180 cm³/mol. The lowest BCUT2D eigenvalue weighted by Gasteiger charge is -2.30. The van der Waals surface area contributed by atoms with Crippen molar-refractivity contribution in [2.24, 2.45) is 23.2 Å². The molecular weight excluding hydrogens is 642 g/mol. The summed E-state index contributed by atoms with van der Waals surface area (Å²) in [7, 11) is 2.96. The number of rotatable bonds is 25. The molecule has 15 nitrogen and oxygen atoms in total. The Labute approximate surface area is 288 Å². The Kier molecular flexibility index (Phi) is 20.4. The largest absolute Gasteiger partial charge is 0.464 e. The SMILES string of the molecule is CCC(CC(CC(CC(C)(C)C(=O)OCCOC)C(=O)OCCN(CC)CC)C(=O)OCCOC)C(=O)OCCn1cc(C)c(=O)[nH]c1=O. The Bertz CT molecular complexity index is 1290. The number of hydrogen-bond acceptors (Lipinski definition) is 13. The summed E-state index contributed by atoms with van der Waals surface area (Å²) in [6.07, 6.45) is 1.66. The van der Waals surface area contributed by atoms with E-state index < -0.39 is 58.3 Å². The smallest absolute Gasteiger partial charge is 0.328 e. The van der Waals surface area contributed by atoms with Crippen molar-refractivity contribution >= 4 is 23.9 Å². The van der Waals surface area contributed by atoms with E-state index in [0.29, 0.717) is 18.5 Å². The Hall–Kier alpha value is -3.56. The number of nitrogens with one attached hydrogen (secondary N) is 1. The van der Waals surface area contributed by atoms with E-state index in [1.807, 2.05) is 13.8 Å². The van der Waals surface area contributed by atoms with Gasteiger partial charge in [-0.2, -0.15) is 0 Å². The second kappa shape index (κ2) is 23.0. The standard InChI is InChI=1S/C34H57N3O12/c1-9-25(29(39)47-15-13-37-23-24(4)28(38)35-33(37)43)20-26(30(40)48-18-16-44-7)21-27(31(41)46-14-12-36(10-2)11-3)22-34(5,6)32(42)49-19-17-45-8/h23,25-27H,9-22H2,1-8H3,(H,35,38,43). The van der Waals surface area contributed by atoms with Crippen LogP contribution >= 0.6 is 0 Å². The number of aromatic nitrogens is 2. The average Bonchev–Trinajstić information content (AvgIpc) is 3.06. The van der Waals surface area contributed by atoms with Gasteiger partial charge in [0.2, 0.25) is 0 Å². The van der Waals surface area contributed by atoms with Crippen LogP contribution in [0.5, 0.6) is 0 Å². The van der Waals surface area contributed by atoms with Crippen LogP contribution in [0.2, 0.25) is 0 Å². The molecule has 15 heteroatoms. The molecule has 1 N–H and O–H groups in total. The molecule has 0 spiro atoms. The molecule has 0 aromatic carbocycles. The van der Waals surface area contributed by atoms with E-state index in [1.165, 1.54) is 25.0 Å². The number of methoxy groups -OCH3 is 2. The van der Waals surface area contributed by atoms with Crippen molar-refractivity contribution in [3.05, 3.63) is 32.6 Å². The van der Waals surface area contributed by atoms with Gasteiger partial charge in [-0.3, -0.25) is 33.5 Å². The highest BCUT2D eigenvalue weighted by Crippen LogP contribution is 2.34. The normalized spacial score (nSPS) is 13.4.